The monoisotopic (exact) mass is 160 g/mol. The van der Waals surface area contributed by atoms with Crippen LogP contribution in [0.25, 0.3) is 0 Å². The van der Waals surface area contributed by atoms with Gasteiger partial charge in [-0.25, -0.2) is 0 Å². The van der Waals surface area contributed by atoms with Gasteiger partial charge < -0.3 is 21.4 Å². The highest BCUT2D eigenvalue weighted by atomic mass is 16.4. The summed E-state index contributed by atoms with van der Waals surface area (Å²) in [4.78, 5) is 0. The third kappa shape index (κ3) is 2.12. The molecule has 0 saturated carbocycles. The topological polar surface area (TPSA) is 124 Å². The maximum absolute atomic E-state index is 8.25. The number of oxime groups is 3. The third-order valence-corrected chi connectivity index (χ3v) is 0.943. The number of nitrogens with two attached hydrogens (primary N) is 1. The summed E-state index contributed by atoms with van der Waals surface area (Å²) in [5, 5.41) is 32.4. The van der Waals surface area contributed by atoms with Crippen molar-refractivity contribution in [1.29, 1.82) is 0 Å². The Hall–Kier alpha value is -1.79. The van der Waals surface area contributed by atoms with E-state index in [1.807, 2.05) is 0 Å². The van der Waals surface area contributed by atoms with Crippen LogP contribution in [-0.2, 0) is 0 Å². The molecule has 0 aliphatic heterocycles. The predicted molar refractivity (Wildman–Crippen MR) is 37.5 cm³/mol. The van der Waals surface area contributed by atoms with Gasteiger partial charge in [-0.15, -0.1) is 0 Å². The van der Waals surface area contributed by atoms with E-state index < -0.39 is 5.84 Å². The predicted octanol–water partition coefficient (Wildman–Crippen LogP) is -0.587. The Balaban J connectivity index is 4.72. The van der Waals surface area contributed by atoms with Crippen LogP contribution in [-0.4, -0.2) is 32.9 Å². The fourth-order valence-electron chi connectivity index (χ4n) is 0.404. The van der Waals surface area contributed by atoms with Crippen molar-refractivity contribution in [2.75, 3.05) is 0 Å². The van der Waals surface area contributed by atoms with Gasteiger partial charge in [0.1, 0.15) is 5.71 Å². The maximum Gasteiger partial charge on any atom is 0.194 e. The molecule has 0 bridgehead atoms. The zero-order chi connectivity index (χ0) is 8.85. The van der Waals surface area contributed by atoms with Crippen LogP contribution >= 0.6 is 0 Å². The molecular weight excluding hydrogens is 152 g/mol. The van der Waals surface area contributed by atoms with Gasteiger partial charge in [0.15, 0.2) is 11.5 Å². The van der Waals surface area contributed by atoms with E-state index in [-0.39, 0.29) is 11.4 Å². The number of nitrogens with zero attached hydrogens (tertiary/aromatic N) is 3. The van der Waals surface area contributed by atoms with Crippen LogP contribution in [0.15, 0.2) is 15.5 Å². The molecule has 0 rings (SSSR count). The molecule has 0 aromatic carbocycles. The summed E-state index contributed by atoms with van der Waals surface area (Å²) in [6.45, 7) is 1.33. The molecule has 0 aromatic rings. The summed E-state index contributed by atoms with van der Waals surface area (Å²) in [5.74, 6) is -0.428. The van der Waals surface area contributed by atoms with E-state index in [0.717, 1.165) is 0 Å². The first-order valence-corrected chi connectivity index (χ1v) is 2.56. The van der Waals surface area contributed by atoms with Crippen molar-refractivity contribution >= 4 is 17.3 Å². The standard InChI is InChI=1S/C4H8N4O3/c1-2(6-9)3(7-10)4(5)8-11/h9-11H,1H3,(H2,5,8)/b6-2-,7-3+. The van der Waals surface area contributed by atoms with Crippen molar-refractivity contribution in [1.82, 2.24) is 0 Å². The lowest BCUT2D eigenvalue weighted by Crippen LogP contribution is -2.29. The van der Waals surface area contributed by atoms with Gasteiger partial charge in [-0.1, -0.05) is 15.5 Å². The van der Waals surface area contributed by atoms with Crippen LogP contribution in [0.1, 0.15) is 6.92 Å². The van der Waals surface area contributed by atoms with Crippen LogP contribution in [0, 0.1) is 0 Å². The van der Waals surface area contributed by atoms with E-state index in [2.05, 4.69) is 15.5 Å². The summed E-state index contributed by atoms with van der Waals surface area (Å²) >= 11 is 0. The largest absolute Gasteiger partial charge is 0.411 e. The van der Waals surface area contributed by atoms with Gasteiger partial charge in [0.2, 0.25) is 0 Å². The van der Waals surface area contributed by atoms with Crippen molar-refractivity contribution < 1.29 is 15.6 Å². The molecule has 0 amide bonds. The second kappa shape index (κ2) is 4.09. The van der Waals surface area contributed by atoms with Gasteiger partial charge >= 0.3 is 0 Å². The Morgan fingerprint density at radius 3 is 1.91 bits per heavy atom. The van der Waals surface area contributed by atoms with Gasteiger partial charge in [0, 0.05) is 0 Å². The van der Waals surface area contributed by atoms with Crippen LogP contribution in [0.5, 0.6) is 0 Å². The van der Waals surface area contributed by atoms with Crippen molar-refractivity contribution in [2.24, 2.45) is 21.2 Å². The normalized spacial score (nSPS) is 15.2. The Morgan fingerprint density at radius 1 is 1.09 bits per heavy atom. The molecule has 0 aliphatic carbocycles. The van der Waals surface area contributed by atoms with Gasteiger partial charge in [0.25, 0.3) is 0 Å². The molecule has 0 spiro atoms. The minimum absolute atomic E-state index is 0.0530. The Morgan fingerprint density at radius 2 is 1.64 bits per heavy atom. The Kier molecular flexibility index (Phi) is 3.43. The van der Waals surface area contributed by atoms with E-state index in [1.165, 1.54) is 6.92 Å². The quantitative estimate of drug-likeness (QED) is 0.186. The van der Waals surface area contributed by atoms with Crippen LogP contribution in [0.2, 0.25) is 0 Å². The van der Waals surface area contributed by atoms with E-state index in [0.29, 0.717) is 0 Å². The molecule has 0 unspecified atom stereocenters. The molecule has 5 N–H and O–H groups in total. The van der Waals surface area contributed by atoms with Crippen LogP contribution < -0.4 is 5.73 Å². The molecule has 7 nitrogen and oxygen atoms in total. The number of hydrogen-bond acceptors (Lipinski definition) is 6. The molecule has 0 saturated heterocycles. The van der Waals surface area contributed by atoms with Crippen molar-refractivity contribution in [3.63, 3.8) is 0 Å². The van der Waals surface area contributed by atoms with Gasteiger partial charge in [-0.05, 0) is 6.92 Å². The summed E-state index contributed by atoms with van der Waals surface area (Å²) in [6, 6.07) is 0. The van der Waals surface area contributed by atoms with Crippen molar-refractivity contribution in [2.45, 2.75) is 6.92 Å². The van der Waals surface area contributed by atoms with E-state index in [4.69, 9.17) is 21.4 Å². The molecule has 0 aliphatic rings. The smallest absolute Gasteiger partial charge is 0.194 e. The highest BCUT2D eigenvalue weighted by Gasteiger charge is 2.10. The Bertz CT molecular complexity index is 199. The SMILES string of the molecule is CC(=N/O)/C(=N\O)C(/N)=N/O. The average molecular weight is 160 g/mol. The minimum atomic E-state index is -0.428. The molecular formula is C4H8N4O3. The average Bonchev–Trinajstić information content (AvgIpc) is 2.05. The molecule has 11 heavy (non-hydrogen) atoms. The van der Waals surface area contributed by atoms with Crippen LogP contribution in [0.4, 0.5) is 0 Å². The van der Waals surface area contributed by atoms with Gasteiger partial charge in [-0.3, -0.25) is 0 Å². The second-order valence-corrected chi connectivity index (χ2v) is 1.62. The summed E-state index contributed by atoms with van der Waals surface area (Å²) in [5.41, 5.74) is 4.69. The summed E-state index contributed by atoms with van der Waals surface area (Å²) in [7, 11) is 0. The number of rotatable bonds is 2. The highest BCUT2D eigenvalue weighted by Crippen LogP contribution is 1.83. The highest BCUT2D eigenvalue weighted by molar-refractivity contribution is 6.67. The molecule has 0 atom stereocenters. The fourth-order valence-corrected chi connectivity index (χ4v) is 0.404. The molecule has 7 heteroatoms. The maximum atomic E-state index is 8.25. The lowest BCUT2D eigenvalue weighted by atomic mass is 10.2. The zero-order valence-electron chi connectivity index (χ0n) is 5.76. The molecule has 0 aromatic heterocycles. The van der Waals surface area contributed by atoms with Gasteiger partial charge in [0.05, 0.1) is 0 Å². The van der Waals surface area contributed by atoms with Gasteiger partial charge in [-0.2, -0.15) is 0 Å². The Labute approximate surface area is 62.1 Å². The summed E-state index contributed by atoms with van der Waals surface area (Å²) < 4.78 is 0. The number of hydrogen-bond donors (Lipinski definition) is 4. The molecule has 62 valence electrons. The first kappa shape index (κ1) is 9.21. The molecule has 0 heterocycles. The van der Waals surface area contributed by atoms with E-state index >= 15 is 0 Å². The molecule has 0 fully saturated rings. The first-order valence-electron chi connectivity index (χ1n) is 2.56. The van der Waals surface area contributed by atoms with Crippen molar-refractivity contribution in [3.05, 3.63) is 0 Å². The minimum Gasteiger partial charge on any atom is -0.411 e. The second-order valence-electron chi connectivity index (χ2n) is 1.62. The van der Waals surface area contributed by atoms with E-state index in [1.54, 1.807) is 0 Å². The zero-order valence-corrected chi connectivity index (χ0v) is 5.76. The third-order valence-electron chi connectivity index (χ3n) is 0.943. The van der Waals surface area contributed by atoms with E-state index in [9.17, 15) is 0 Å². The number of amidine groups is 1. The fraction of sp³-hybridized carbons (Fsp3) is 0.250. The lowest BCUT2D eigenvalue weighted by Gasteiger charge is -1.97. The first-order chi connectivity index (χ1) is 5.17. The lowest BCUT2D eigenvalue weighted by molar-refractivity contribution is 0.311. The van der Waals surface area contributed by atoms with Crippen LogP contribution in [0.3, 0.4) is 0 Å². The molecule has 0 radical (unpaired) electrons. The summed E-state index contributed by atoms with van der Waals surface area (Å²) in [6.07, 6.45) is 0. The van der Waals surface area contributed by atoms with Crippen molar-refractivity contribution in [3.8, 4) is 0 Å².